The third kappa shape index (κ3) is 4.03. The molecule has 0 radical (unpaired) electrons. The number of hydrogen-bond donors (Lipinski definition) is 0. The van der Waals surface area contributed by atoms with E-state index in [4.69, 9.17) is 13.7 Å². The molecule has 0 N–H and O–H groups in total. The molecule has 0 aliphatic heterocycles. The number of rotatable bonds is 7. The van der Waals surface area contributed by atoms with Gasteiger partial charge in [0.2, 0.25) is 0 Å². The van der Waals surface area contributed by atoms with Crippen LogP contribution in [0.2, 0.25) is 0 Å². The van der Waals surface area contributed by atoms with Crippen molar-refractivity contribution in [2.24, 2.45) is 0 Å². The first-order chi connectivity index (χ1) is 7.20. The van der Waals surface area contributed by atoms with Gasteiger partial charge in [0.25, 0.3) is 0 Å². The highest BCUT2D eigenvalue weighted by Gasteiger charge is 2.26. The Balaban J connectivity index is 2.49. The minimum atomic E-state index is -3.50. The van der Waals surface area contributed by atoms with Crippen molar-refractivity contribution in [3.63, 3.8) is 0 Å². The van der Waals surface area contributed by atoms with Crippen LogP contribution < -0.4 is 4.62 Å². The van der Waals surface area contributed by atoms with Gasteiger partial charge in [-0.15, -0.1) is 0 Å². The van der Waals surface area contributed by atoms with Crippen molar-refractivity contribution < 1.29 is 18.2 Å². The summed E-state index contributed by atoms with van der Waals surface area (Å²) in [5.74, 6) is 0. The Morgan fingerprint density at radius 1 is 1.53 bits per heavy atom. The highest BCUT2D eigenvalue weighted by molar-refractivity contribution is 7.48. The lowest BCUT2D eigenvalue weighted by Crippen LogP contribution is -2.10. The molecule has 7 heteroatoms. The van der Waals surface area contributed by atoms with Gasteiger partial charge >= 0.3 is 7.82 Å². The van der Waals surface area contributed by atoms with E-state index in [-0.39, 0.29) is 0 Å². The summed E-state index contributed by atoms with van der Waals surface area (Å²) in [5.41, 5.74) is 0. The van der Waals surface area contributed by atoms with E-state index in [1.54, 1.807) is 0 Å². The minimum absolute atomic E-state index is 0.344. The highest BCUT2D eigenvalue weighted by Crippen LogP contribution is 2.44. The molecule has 0 aliphatic rings. The average molecular weight is 234 g/mol. The smallest absolute Gasteiger partial charge is 0.310 e. The molecule has 0 spiro atoms. The summed E-state index contributed by atoms with van der Waals surface area (Å²) in [7, 11) is -2.21. The third-order valence-electron chi connectivity index (χ3n) is 1.65. The minimum Gasteiger partial charge on any atom is -0.310 e. The Labute approximate surface area is 88.7 Å². The fourth-order valence-electron chi connectivity index (χ4n) is 0.841. The number of phosphoric acid groups is 1. The maximum absolute atomic E-state index is 11.8. The van der Waals surface area contributed by atoms with Gasteiger partial charge in [-0.25, -0.2) is 9.55 Å². The maximum Gasteiger partial charge on any atom is 0.548 e. The second-order valence-corrected chi connectivity index (χ2v) is 4.50. The zero-order valence-electron chi connectivity index (χ0n) is 8.83. The molecule has 1 heterocycles. The number of imidazole rings is 1. The van der Waals surface area contributed by atoms with E-state index >= 15 is 0 Å². The molecule has 1 unspecified atom stereocenters. The highest BCUT2D eigenvalue weighted by atomic mass is 31.2. The van der Waals surface area contributed by atoms with Gasteiger partial charge < -0.3 is 4.62 Å². The predicted octanol–water partition coefficient (Wildman–Crippen LogP) is 1.88. The lowest BCUT2D eigenvalue weighted by molar-refractivity contribution is 0.119. The van der Waals surface area contributed by atoms with Crippen LogP contribution in [-0.2, 0) is 13.6 Å². The summed E-state index contributed by atoms with van der Waals surface area (Å²) in [4.78, 5) is 3.74. The van der Waals surface area contributed by atoms with Crippen LogP contribution in [0.15, 0.2) is 18.7 Å². The second kappa shape index (κ2) is 5.90. The quantitative estimate of drug-likeness (QED) is 0.532. The van der Waals surface area contributed by atoms with Gasteiger partial charge in [0, 0.05) is 13.3 Å². The van der Waals surface area contributed by atoms with Crippen molar-refractivity contribution in [1.29, 1.82) is 0 Å². The first-order valence-corrected chi connectivity index (χ1v) is 6.14. The van der Waals surface area contributed by atoms with E-state index in [0.717, 1.165) is 12.8 Å². The van der Waals surface area contributed by atoms with Crippen molar-refractivity contribution in [2.75, 3.05) is 13.7 Å². The summed E-state index contributed by atoms with van der Waals surface area (Å²) in [6.45, 7) is 2.36. The first kappa shape index (κ1) is 12.2. The Morgan fingerprint density at radius 2 is 2.33 bits per heavy atom. The van der Waals surface area contributed by atoms with E-state index in [1.165, 1.54) is 30.6 Å². The average Bonchev–Trinajstić information content (AvgIpc) is 2.71. The Morgan fingerprint density at radius 3 is 2.87 bits per heavy atom. The summed E-state index contributed by atoms with van der Waals surface area (Å²) in [5, 5.41) is 0. The molecule has 0 saturated heterocycles. The zero-order chi connectivity index (χ0) is 11.1. The third-order valence-corrected chi connectivity index (χ3v) is 2.98. The number of hydrogen-bond acceptors (Lipinski definition) is 5. The van der Waals surface area contributed by atoms with Crippen LogP contribution in [0.5, 0.6) is 0 Å². The standard InChI is InChI=1S/C8H15N2O4P/c1-3-4-7-13-15(11,12-2)14-10-6-5-9-8-10/h5-6,8H,3-4,7H2,1-2H3. The van der Waals surface area contributed by atoms with Gasteiger partial charge in [0.1, 0.15) is 6.33 Å². The number of unbranched alkanes of at least 4 members (excludes halogenated alkanes) is 1. The molecule has 6 nitrogen and oxygen atoms in total. The molecule has 1 aromatic heterocycles. The zero-order valence-corrected chi connectivity index (χ0v) is 9.72. The van der Waals surface area contributed by atoms with Gasteiger partial charge in [-0.1, -0.05) is 13.3 Å². The fraction of sp³-hybridized carbons (Fsp3) is 0.625. The SMILES string of the molecule is CCCCOP(=O)(OC)On1ccnc1. The normalized spacial score (nSPS) is 14.8. The van der Waals surface area contributed by atoms with Crippen molar-refractivity contribution >= 4 is 7.82 Å². The number of nitrogens with zero attached hydrogens (tertiary/aromatic N) is 2. The van der Waals surface area contributed by atoms with Crippen LogP contribution in [0.4, 0.5) is 0 Å². The second-order valence-electron chi connectivity index (χ2n) is 2.82. The van der Waals surface area contributed by atoms with Crippen LogP contribution in [0, 0.1) is 0 Å². The van der Waals surface area contributed by atoms with E-state index in [9.17, 15) is 4.57 Å². The lowest BCUT2D eigenvalue weighted by atomic mass is 10.4. The molecule has 0 aliphatic carbocycles. The van der Waals surface area contributed by atoms with Crippen molar-refractivity contribution in [3.8, 4) is 0 Å². The first-order valence-electron chi connectivity index (χ1n) is 4.68. The van der Waals surface area contributed by atoms with Gasteiger partial charge in [0.05, 0.1) is 12.8 Å². The van der Waals surface area contributed by atoms with E-state index in [0.29, 0.717) is 6.61 Å². The molecule has 0 fully saturated rings. The van der Waals surface area contributed by atoms with Gasteiger partial charge in [-0.3, -0.25) is 9.05 Å². The predicted molar refractivity (Wildman–Crippen MR) is 54.3 cm³/mol. The van der Waals surface area contributed by atoms with E-state index in [1.807, 2.05) is 6.92 Å². The Kier molecular flexibility index (Phi) is 4.81. The Bertz CT molecular complexity index is 314. The summed E-state index contributed by atoms with van der Waals surface area (Å²) >= 11 is 0. The summed E-state index contributed by atoms with van der Waals surface area (Å²) in [6.07, 6.45) is 6.14. The summed E-state index contributed by atoms with van der Waals surface area (Å²) in [6, 6.07) is 0. The molecule has 0 amide bonds. The Hall–Kier alpha value is -0.840. The van der Waals surface area contributed by atoms with E-state index in [2.05, 4.69) is 4.98 Å². The summed E-state index contributed by atoms with van der Waals surface area (Å²) < 4.78 is 27.8. The number of phosphoric ester groups is 1. The molecular formula is C8H15N2O4P. The molecule has 1 aromatic rings. The van der Waals surface area contributed by atoms with Gasteiger partial charge in [-0.05, 0) is 6.42 Å². The maximum atomic E-state index is 11.8. The molecule has 0 saturated carbocycles. The lowest BCUT2D eigenvalue weighted by Gasteiger charge is -2.15. The fourth-order valence-corrected chi connectivity index (χ4v) is 1.74. The topological polar surface area (TPSA) is 62.6 Å². The monoisotopic (exact) mass is 234 g/mol. The van der Waals surface area contributed by atoms with Crippen LogP contribution in [0.1, 0.15) is 19.8 Å². The van der Waals surface area contributed by atoms with Gasteiger partial charge in [0.15, 0.2) is 0 Å². The molecule has 0 bridgehead atoms. The molecule has 0 aromatic carbocycles. The van der Waals surface area contributed by atoms with Crippen molar-refractivity contribution in [1.82, 2.24) is 9.71 Å². The molecule has 15 heavy (non-hydrogen) atoms. The van der Waals surface area contributed by atoms with Crippen LogP contribution in [0.25, 0.3) is 0 Å². The largest absolute Gasteiger partial charge is 0.548 e. The molecular weight excluding hydrogens is 219 g/mol. The van der Waals surface area contributed by atoms with Crippen molar-refractivity contribution in [3.05, 3.63) is 18.7 Å². The van der Waals surface area contributed by atoms with Crippen molar-refractivity contribution in [2.45, 2.75) is 19.8 Å². The molecule has 1 atom stereocenters. The van der Waals surface area contributed by atoms with E-state index < -0.39 is 7.82 Å². The van der Waals surface area contributed by atoms with Crippen LogP contribution in [-0.4, -0.2) is 23.4 Å². The molecule has 86 valence electrons. The van der Waals surface area contributed by atoms with Crippen LogP contribution >= 0.6 is 7.82 Å². The van der Waals surface area contributed by atoms with Gasteiger partial charge in [-0.2, -0.15) is 4.73 Å². The van der Waals surface area contributed by atoms with Crippen LogP contribution in [0.3, 0.4) is 0 Å². The number of aromatic nitrogens is 2. The molecule has 1 rings (SSSR count).